The van der Waals surface area contributed by atoms with E-state index in [4.69, 9.17) is 14.9 Å². The molecule has 8 heteroatoms. The number of hydrazone groups is 1. The first kappa shape index (κ1) is 17.2. The lowest BCUT2D eigenvalue weighted by atomic mass is 10.1. The third-order valence-corrected chi connectivity index (χ3v) is 4.91. The minimum atomic E-state index is -0.464. The summed E-state index contributed by atoms with van der Waals surface area (Å²) in [5, 5.41) is 15.4. The van der Waals surface area contributed by atoms with Crippen LogP contribution in [0.4, 0.5) is 0 Å². The molecule has 2 aliphatic rings. The zero-order valence-electron chi connectivity index (χ0n) is 14.4. The Hall–Kier alpha value is -2.61. The molecule has 1 aromatic rings. The number of rotatable bonds is 4. The maximum atomic E-state index is 12.4. The van der Waals surface area contributed by atoms with Crippen molar-refractivity contribution >= 4 is 39.8 Å². The van der Waals surface area contributed by atoms with E-state index in [-0.39, 0.29) is 17.3 Å². The number of nitrogens with one attached hydrogen (secondary N) is 1. The number of amides is 1. The number of carbonyl (C=O) groups excluding carboxylic acids is 1. The highest BCUT2D eigenvalue weighted by atomic mass is 32.2. The van der Waals surface area contributed by atoms with E-state index in [0.717, 1.165) is 5.04 Å². The van der Waals surface area contributed by atoms with E-state index in [1.54, 1.807) is 38.5 Å². The summed E-state index contributed by atoms with van der Waals surface area (Å²) in [6, 6.07) is 5.26. The van der Waals surface area contributed by atoms with Gasteiger partial charge in [0.25, 0.3) is 5.91 Å². The first-order valence-electron chi connectivity index (χ1n) is 7.66. The summed E-state index contributed by atoms with van der Waals surface area (Å²) >= 11 is 1.32. The first-order valence-corrected chi connectivity index (χ1v) is 8.48. The van der Waals surface area contributed by atoms with Gasteiger partial charge in [0.1, 0.15) is 16.5 Å². The molecule has 25 heavy (non-hydrogen) atoms. The van der Waals surface area contributed by atoms with Crippen LogP contribution < -0.4 is 9.47 Å². The van der Waals surface area contributed by atoms with Crippen LogP contribution in [0.5, 0.6) is 11.5 Å². The summed E-state index contributed by atoms with van der Waals surface area (Å²) in [5.74, 6) is 0.943. The molecular weight excluding hydrogens is 340 g/mol. The van der Waals surface area contributed by atoms with Crippen molar-refractivity contribution in [2.75, 3.05) is 14.2 Å². The molecule has 0 spiro atoms. The van der Waals surface area contributed by atoms with Crippen molar-refractivity contribution in [3.8, 4) is 11.5 Å². The standard InChI is InChI=1S/C17H18N4O3S/c1-9(2)16-20-21-14(18)12(15(22)19-17(21)25-16)8-10-7-11(23-3)5-6-13(10)24-4/h5-9,18H,1-4H3/b12-8-,18-14?. The van der Waals surface area contributed by atoms with Gasteiger partial charge in [-0.25, -0.2) is 0 Å². The van der Waals surface area contributed by atoms with Gasteiger partial charge in [0.15, 0.2) is 5.84 Å². The predicted molar refractivity (Wildman–Crippen MR) is 99.4 cm³/mol. The molecular formula is C17H18N4O3S. The van der Waals surface area contributed by atoms with Crippen LogP contribution in [0.1, 0.15) is 19.4 Å². The number of thioether (sulfide) groups is 1. The van der Waals surface area contributed by atoms with Crippen molar-refractivity contribution in [1.29, 1.82) is 5.41 Å². The zero-order valence-corrected chi connectivity index (χ0v) is 15.2. The Morgan fingerprint density at radius 2 is 2.04 bits per heavy atom. The fourth-order valence-electron chi connectivity index (χ4n) is 2.35. The van der Waals surface area contributed by atoms with E-state index in [1.165, 1.54) is 16.8 Å². The summed E-state index contributed by atoms with van der Waals surface area (Å²) < 4.78 is 10.5. The largest absolute Gasteiger partial charge is 0.497 e. The van der Waals surface area contributed by atoms with E-state index in [9.17, 15) is 4.79 Å². The van der Waals surface area contributed by atoms with Gasteiger partial charge >= 0.3 is 0 Å². The van der Waals surface area contributed by atoms with Gasteiger partial charge in [-0.2, -0.15) is 15.1 Å². The highest BCUT2D eigenvalue weighted by molar-refractivity contribution is 8.27. The number of benzene rings is 1. The molecule has 0 atom stereocenters. The number of ether oxygens (including phenoxy) is 2. The van der Waals surface area contributed by atoms with E-state index in [1.807, 2.05) is 13.8 Å². The van der Waals surface area contributed by atoms with Crippen LogP contribution in [0, 0.1) is 11.3 Å². The van der Waals surface area contributed by atoms with Gasteiger partial charge in [-0.15, -0.1) is 0 Å². The van der Waals surface area contributed by atoms with Crippen LogP contribution in [-0.4, -0.2) is 41.2 Å². The maximum absolute atomic E-state index is 12.4. The quantitative estimate of drug-likeness (QED) is 0.836. The lowest BCUT2D eigenvalue weighted by Crippen LogP contribution is -2.35. The van der Waals surface area contributed by atoms with Crippen LogP contribution in [0.15, 0.2) is 33.9 Å². The lowest BCUT2D eigenvalue weighted by molar-refractivity contribution is -0.114. The molecule has 0 aliphatic carbocycles. The Labute approximate surface area is 149 Å². The monoisotopic (exact) mass is 358 g/mol. The van der Waals surface area contributed by atoms with Gasteiger partial charge in [-0.05, 0) is 36.0 Å². The Bertz CT molecular complexity index is 842. The molecule has 7 nitrogen and oxygen atoms in total. The number of carbonyl (C=O) groups is 1. The summed E-state index contributed by atoms with van der Waals surface area (Å²) in [6.07, 6.45) is 1.58. The summed E-state index contributed by atoms with van der Waals surface area (Å²) in [5.41, 5.74) is 0.790. The van der Waals surface area contributed by atoms with Crippen molar-refractivity contribution in [3.63, 3.8) is 0 Å². The Balaban J connectivity index is 2.03. The Morgan fingerprint density at radius 1 is 1.28 bits per heavy atom. The Kier molecular flexibility index (Phi) is 4.63. The molecule has 0 saturated heterocycles. The average molecular weight is 358 g/mol. The van der Waals surface area contributed by atoms with Crippen molar-refractivity contribution in [3.05, 3.63) is 29.3 Å². The Morgan fingerprint density at radius 3 is 2.68 bits per heavy atom. The number of nitrogens with zero attached hydrogens (tertiary/aromatic N) is 3. The molecule has 0 radical (unpaired) electrons. The van der Waals surface area contributed by atoms with Crippen LogP contribution in [0.25, 0.3) is 6.08 Å². The summed E-state index contributed by atoms with van der Waals surface area (Å²) in [4.78, 5) is 16.5. The van der Waals surface area contributed by atoms with Gasteiger partial charge in [-0.3, -0.25) is 10.2 Å². The van der Waals surface area contributed by atoms with Crippen molar-refractivity contribution < 1.29 is 14.3 Å². The molecule has 3 rings (SSSR count). The van der Waals surface area contributed by atoms with Gasteiger partial charge in [0.2, 0.25) is 5.17 Å². The number of fused-ring (bicyclic) bond motifs is 1. The highest BCUT2D eigenvalue weighted by Gasteiger charge is 2.36. The second-order valence-electron chi connectivity index (χ2n) is 5.72. The average Bonchev–Trinajstić information content (AvgIpc) is 3.02. The number of hydrogen-bond donors (Lipinski definition) is 1. The molecule has 1 N–H and O–H groups in total. The number of aliphatic imine (C=N–C) groups is 1. The maximum Gasteiger partial charge on any atom is 0.283 e. The van der Waals surface area contributed by atoms with Gasteiger partial charge < -0.3 is 9.47 Å². The smallest absolute Gasteiger partial charge is 0.283 e. The predicted octanol–water partition coefficient (Wildman–Crippen LogP) is 2.98. The van der Waals surface area contributed by atoms with Gasteiger partial charge in [0, 0.05) is 11.5 Å². The zero-order chi connectivity index (χ0) is 18.1. The highest BCUT2D eigenvalue weighted by Crippen LogP contribution is 2.32. The first-order chi connectivity index (χ1) is 11.9. The summed E-state index contributed by atoms with van der Waals surface area (Å²) in [7, 11) is 3.11. The van der Waals surface area contributed by atoms with Crippen LogP contribution in [0.2, 0.25) is 0 Å². The molecule has 130 valence electrons. The third kappa shape index (κ3) is 3.17. The minimum absolute atomic E-state index is 0.00280. The number of methoxy groups -OCH3 is 2. The number of hydrogen-bond acceptors (Lipinski definition) is 6. The molecule has 2 heterocycles. The second kappa shape index (κ2) is 6.72. The second-order valence-corrected chi connectivity index (χ2v) is 6.71. The van der Waals surface area contributed by atoms with E-state index >= 15 is 0 Å². The number of amidine groups is 2. The topological polar surface area (TPSA) is 87.3 Å². The SMILES string of the molecule is COc1ccc(OC)c(/C=C2/C(=N)N3N=C(C(C)C)SC3=NC2=O)c1. The molecule has 1 aromatic carbocycles. The molecule has 0 fully saturated rings. The van der Waals surface area contributed by atoms with Crippen molar-refractivity contribution in [2.24, 2.45) is 16.0 Å². The molecule has 0 aromatic heterocycles. The minimum Gasteiger partial charge on any atom is -0.497 e. The van der Waals surface area contributed by atoms with E-state index < -0.39 is 5.91 Å². The van der Waals surface area contributed by atoms with Gasteiger partial charge in [-0.1, -0.05) is 13.8 Å². The fourth-order valence-corrected chi connectivity index (χ4v) is 3.24. The van der Waals surface area contributed by atoms with Crippen LogP contribution >= 0.6 is 11.8 Å². The summed E-state index contributed by atoms with van der Waals surface area (Å²) in [6.45, 7) is 4.02. The van der Waals surface area contributed by atoms with Crippen molar-refractivity contribution in [1.82, 2.24) is 5.01 Å². The van der Waals surface area contributed by atoms with E-state index in [0.29, 0.717) is 22.2 Å². The molecule has 0 unspecified atom stereocenters. The van der Waals surface area contributed by atoms with Crippen LogP contribution in [-0.2, 0) is 4.79 Å². The lowest BCUT2D eigenvalue weighted by Gasteiger charge is -2.20. The third-order valence-electron chi connectivity index (χ3n) is 3.70. The fraction of sp³-hybridized carbons (Fsp3) is 0.294. The van der Waals surface area contributed by atoms with Crippen LogP contribution in [0.3, 0.4) is 0 Å². The normalized spacial score (nSPS) is 18.4. The molecule has 0 bridgehead atoms. The van der Waals surface area contributed by atoms with Gasteiger partial charge in [0.05, 0.1) is 19.8 Å². The molecule has 2 aliphatic heterocycles. The molecule has 1 amide bonds. The van der Waals surface area contributed by atoms with E-state index in [2.05, 4.69) is 10.1 Å². The molecule has 0 saturated carbocycles. The van der Waals surface area contributed by atoms with Crippen molar-refractivity contribution in [2.45, 2.75) is 13.8 Å².